The molecule has 0 aliphatic carbocycles. The Morgan fingerprint density at radius 1 is 1.11 bits per heavy atom. The maximum absolute atomic E-state index is 6.10. The summed E-state index contributed by atoms with van der Waals surface area (Å²) in [6, 6.07) is 11.9. The highest BCUT2D eigenvalue weighted by molar-refractivity contribution is 6.31. The van der Waals surface area contributed by atoms with E-state index in [1.807, 2.05) is 43.3 Å². The molecule has 0 amide bonds. The molecule has 0 radical (unpaired) electrons. The summed E-state index contributed by atoms with van der Waals surface area (Å²) in [5, 5.41) is 4.11. The molecule has 1 N–H and O–H groups in total. The van der Waals surface area contributed by atoms with Crippen LogP contribution in [0.3, 0.4) is 0 Å². The Morgan fingerprint density at radius 3 is 2.79 bits per heavy atom. The van der Waals surface area contributed by atoms with Crippen LogP contribution in [0.2, 0.25) is 5.02 Å². The molecule has 4 heteroatoms. The minimum atomic E-state index is 0.305. The number of hydrogen-bond donors (Lipinski definition) is 1. The third-order valence-electron chi connectivity index (χ3n) is 3.11. The van der Waals surface area contributed by atoms with Crippen molar-refractivity contribution in [1.82, 2.24) is 0 Å². The normalized spacial score (nSPS) is 12.5. The molecule has 1 aliphatic heterocycles. The molecular weight excluding hydrogens is 262 g/mol. The molecular formula is C15H14ClNO2. The zero-order chi connectivity index (χ0) is 13.2. The lowest BCUT2D eigenvalue weighted by Crippen LogP contribution is -1.99. The van der Waals surface area contributed by atoms with Crippen molar-refractivity contribution >= 4 is 17.3 Å². The van der Waals surface area contributed by atoms with Gasteiger partial charge in [0.2, 0.25) is 6.79 Å². The molecule has 0 spiro atoms. The number of anilines is 1. The fraction of sp³-hybridized carbons (Fsp3) is 0.200. The molecule has 0 aromatic heterocycles. The molecule has 19 heavy (non-hydrogen) atoms. The number of benzene rings is 2. The van der Waals surface area contributed by atoms with E-state index in [2.05, 4.69) is 5.32 Å². The van der Waals surface area contributed by atoms with E-state index >= 15 is 0 Å². The molecule has 0 saturated heterocycles. The molecule has 0 atom stereocenters. The highest BCUT2D eigenvalue weighted by atomic mass is 35.5. The highest BCUT2D eigenvalue weighted by Crippen LogP contribution is 2.32. The van der Waals surface area contributed by atoms with E-state index in [0.29, 0.717) is 6.79 Å². The van der Waals surface area contributed by atoms with E-state index in [4.69, 9.17) is 21.1 Å². The minimum Gasteiger partial charge on any atom is -0.454 e. The summed E-state index contributed by atoms with van der Waals surface area (Å²) in [7, 11) is 0. The highest BCUT2D eigenvalue weighted by Gasteiger charge is 2.12. The largest absolute Gasteiger partial charge is 0.454 e. The summed E-state index contributed by atoms with van der Waals surface area (Å²) in [5.74, 6) is 1.61. The van der Waals surface area contributed by atoms with Gasteiger partial charge in [0.1, 0.15) is 0 Å². The van der Waals surface area contributed by atoms with Gasteiger partial charge in [-0.3, -0.25) is 0 Å². The number of fused-ring (bicyclic) bond motifs is 1. The number of rotatable bonds is 3. The van der Waals surface area contributed by atoms with Crippen LogP contribution in [0.1, 0.15) is 11.1 Å². The number of aryl methyl sites for hydroxylation is 1. The van der Waals surface area contributed by atoms with Gasteiger partial charge >= 0.3 is 0 Å². The SMILES string of the molecule is Cc1ccc(NCc2ccc3c(c2)OCO3)cc1Cl. The maximum atomic E-state index is 6.10. The van der Waals surface area contributed by atoms with Crippen molar-refractivity contribution in [3.63, 3.8) is 0 Å². The standard InChI is InChI=1S/C15H14ClNO2/c1-10-2-4-12(7-13(10)16)17-8-11-3-5-14-15(6-11)19-9-18-14/h2-7,17H,8-9H2,1H3. The Bertz CT molecular complexity index is 613. The molecule has 0 bridgehead atoms. The number of halogens is 1. The molecule has 0 fully saturated rings. The smallest absolute Gasteiger partial charge is 0.231 e. The molecule has 2 aromatic carbocycles. The predicted molar refractivity (Wildman–Crippen MR) is 76.1 cm³/mol. The van der Waals surface area contributed by atoms with Crippen molar-refractivity contribution < 1.29 is 9.47 Å². The summed E-state index contributed by atoms with van der Waals surface area (Å²) >= 11 is 6.10. The van der Waals surface area contributed by atoms with Crippen molar-refractivity contribution in [1.29, 1.82) is 0 Å². The van der Waals surface area contributed by atoms with Gasteiger partial charge < -0.3 is 14.8 Å². The van der Waals surface area contributed by atoms with Crippen LogP contribution in [0.25, 0.3) is 0 Å². The Morgan fingerprint density at radius 2 is 1.95 bits per heavy atom. The first-order valence-electron chi connectivity index (χ1n) is 6.11. The fourth-order valence-electron chi connectivity index (χ4n) is 1.96. The first kappa shape index (κ1) is 12.2. The second kappa shape index (κ2) is 5.02. The second-order valence-corrected chi connectivity index (χ2v) is 4.91. The zero-order valence-corrected chi connectivity index (χ0v) is 11.3. The first-order chi connectivity index (χ1) is 9.22. The van der Waals surface area contributed by atoms with Crippen molar-refractivity contribution in [2.45, 2.75) is 13.5 Å². The lowest BCUT2D eigenvalue weighted by Gasteiger charge is -2.08. The lowest BCUT2D eigenvalue weighted by molar-refractivity contribution is 0.174. The minimum absolute atomic E-state index is 0.305. The summed E-state index contributed by atoms with van der Waals surface area (Å²) in [5.41, 5.74) is 3.23. The van der Waals surface area contributed by atoms with Crippen molar-refractivity contribution in [2.24, 2.45) is 0 Å². The molecule has 3 nitrogen and oxygen atoms in total. The van der Waals surface area contributed by atoms with Crippen molar-refractivity contribution in [3.8, 4) is 11.5 Å². The lowest BCUT2D eigenvalue weighted by atomic mass is 10.2. The molecule has 2 aromatic rings. The van der Waals surface area contributed by atoms with Crippen molar-refractivity contribution in [2.75, 3.05) is 12.1 Å². The fourth-order valence-corrected chi connectivity index (χ4v) is 2.14. The van der Waals surface area contributed by atoms with E-state index in [0.717, 1.165) is 39.9 Å². The Balaban J connectivity index is 1.70. The van der Waals surface area contributed by atoms with Crippen LogP contribution in [0.5, 0.6) is 11.5 Å². The third kappa shape index (κ3) is 2.61. The zero-order valence-electron chi connectivity index (χ0n) is 10.6. The van der Waals surface area contributed by atoms with E-state index in [9.17, 15) is 0 Å². The van der Waals surface area contributed by atoms with Gasteiger partial charge in [0.15, 0.2) is 11.5 Å². The number of nitrogens with one attached hydrogen (secondary N) is 1. The van der Waals surface area contributed by atoms with Gasteiger partial charge in [-0.1, -0.05) is 23.7 Å². The number of hydrogen-bond acceptors (Lipinski definition) is 3. The van der Waals surface area contributed by atoms with Gasteiger partial charge in [0.25, 0.3) is 0 Å². The maximum Gasteiger partial charge on any atom is 0.231 e. The van der Waals surface area contributed by atoms with Crippen LogP contribution >= 0.6 is 11.6 Å². The third-order valence-corrected chi connectivity index (χ3v) is 3.51. The molecule has 1 aliphatic rings. The van der Waals surface area contributed by atoms with Crippen LogP contribution in [-0.2, 0) is 6.54 Å². The van der Waals surface area contributed by atoms with Gasteiger partial charge in [-0.25, -0.2) is 0 Å². The monoisotopic (exact) mass is 275 g/mol. The van der Waals surface area contributed by atoms with Crippen LogP contribution in [0, 0.1) is 6.92 Å². The topological polar surface area (TPSA) is 30.5 Å². The van der Waals surface area contributed by atoms with Gasteiger partial charge in [-0.05, 0) is 42.3 Å². The predicted octanol–water partition coefficient (Wildman–Crippen LogP) is 3.99. The van der Waals surface area contributed by atoms with Crippen LogP contribution in [0.15, 0.2) is 36.4 Å². The van der Waals surface area contributed by atoms with Gasteiger partial charge in [0.05, 0.1) is 0 Å². The molecule has 3 rings (SSSR count). The first-order valence-corrected chi connectivity index (χ1v) is 6.49. The molecule has 98 valence electrons. The summed E-state index contributed by atoms with van der Waals surface area (Å²) in [4.78, 5) is 0. The number of ether oxygens (including phenoxy) is 2. The summed E-state index contributed by atoms with van der Waals surface area (Å²) in [6.45, 7) is 3.01. The molecule has 1 heterocycles. The van der Waals surface area contributed by atoms with E-state index < -0.39 is 0 Å². The average Bonchev–Trinajstić information content (AvgIpc) is 2.87. The summed E-state index contributed by atoms with van der Waals surface area (Å²) < 4.78 is 10.6. The second-order valence-electron chi connectivity index (χ2n) is 4.51. The summed E-state index contributed by atoms with van der Waals surface area (Å²) in [6.07, 6.45) is 0. The Labute approximate surface area is 117 Å². The Hall–Kier alpha value is -1.87. The Kier molecular flexibility index (Phi) is 3.22. The molecule has 0 saturated carbocycles. The van der Waals surface area contributed by atoms with Crippen LogP contribution in [0.4, 0.5) is 5.69 Å². The molecule has 0 unspecified atom stereocenters. The van der Waals surface area contributed by atoms with Gasteiger partial charge in [0, 0.05) is 17.3 Å². The van der Waals surface area contributed by atoms with Gasteiger partial charge in [-0.15, -0.1) is 0 Å². The van der Waals surface area contributed by atoms with Crippen molar-refractivity contribution in [3.05, 3.63) is 52.5 Å². The van der Waals surface area contributed by atoms with Crippen LogP contribution in [-0.4, -0.2) is 6.79 Å². The van der Waals surface area contributed by atoms with Crippen LogP contribution < -0.4 is 14.8 Å². The average molecular weight is 276 g/mol. The van der Waals surface area contributed by atoms with E-state index in [1.165, 1.54) is 0 Å². The quantitative estimate of drug-likeness (QED) is 0.919. The van der Waals surface area contributed by atoms with E-state index in [-0.39, 0.29) is 0 Å². The van der Waals surface area contributed by atoms with Gasteiger partial charge in [-0.2, -0.15) is 0 Å². The van der Waals surface area contributed by atoms with E-state index in [1.54, 1.807) is 0 Å².